The molecule has 0 aliphatic rings. The lowest BCUT2D eigenvalue weighted by atomic mass is 9.92. The normalized spacial score (nSPS) is 11.3. The van der Waals surface area contributed by atoms with E-state index in [0.29, 0.717) is 5.82 Å². The third-order valence-corrected chi connectivity index (χ3v) is 5.36. The summed E-state index contributed by atoms with van der Waals surface area (Å²) in [4.78, 5) is 25.0. The Hall–Kier alpha value is -3.41. The SMILES string of the molecule is Cc1cccc(-n2nc(C(C)(C)C)cc2NC(=O)CCC(=O)Nc2ccc(C)c(C)c2)c1. The van der Waals surface area contributed by atoms with Crippen molar-refractivity contribution in [1.82, 2.24) is 9.78 Å². The van der Waals surface area contributed by atoms with E-state index in [1.165, 1.54) is 5.56 Å². The fourth-order valence-electron chi connectivity index (χ4n) is 3.27. The van der Waals surface area contributed by atoms with Crippen LogP contribution < -0.4 is 10.6 Å². The molecule has 3 aromatic rings. The second-order valence-corrected chi connectivity index (χ2v) is 9.31. The molecule has 1 heterocycles. The van der Waals surface area contributed by atoms with E-state index in [2.05, 4.69) is 31.4 Å². The van der Waals surface area contributed by atoms with Gasteiger partial charge in [0.15, 0.2) is 0 Å². The summed E-state index contributed by atoms with van der Waals surface area (Å²) < 4.78 is 1.75. The van der Waals surface area contributed by atoms with Crippen LogP contribution in [0.5, 0.6) is 0 Å². The minimum absolute atomic E-state index is 0.0839. The quantitative estimate of drug-likeness (QED) is 0.544. The lowest BCUT2D eigenvalue weighted by Gasteiger charge is -2.14. The molecule has 0 aliphatic heterocycles. The van der Waals surface area contributed by atoms with Gasteiger partial charge >= 0.3 is 0 Å². The molecule has 0 bridgehead atoms. The van der Waals surface area contributed by atoms with Crippen LogP contribution in [-0.4, -0.2) is 21.6 Å². The van der Waals surface area contributed by atoms with Crippen molar-refractivity contribution in [2.24, 2.45) is 0 Å². The van der Waals surface area contributed by atoms with Gasteiger partial charge in [-0.1, -0.05) is 39.0 Å². The average Bonchev–Trinajstić information content (AvgIpc) is 3.13. The van der Waals surface area contributed by atoms with Crippen molar-refractivity contribution in [2.75, 3.05) is 10.6 Å². The summed E-state index contributed by atoms with van der Waals surface area (Å²) in [5.41, 5.74) is 5.72. The van der Waals surface area contributed by atoms with Crippen molar-refractivity contribution in [3.05, 3.63) is 70.9 Å². The summed E-state index contributed by atoms with van der Waals surface area (Å²) in [7, 11) is 0. The molecule has 6 nitrogen and oxygen atoms in total. The third kappa shape index (κ3) is 5.84. The first kappa shape index (κ1) is 23.3. The van der Waals surface area contributed by atoms with E-state index in [1.54, 1.807) is 4.68 Å². The van der Waals surface area contributed by atoms with Crippen LogP contribution in [0.4, 0.5) is 11.5 Å². The van der Waals surface area contributed by atoms with Crippen LogP contribution in [0.2, 0.25) is 0 Å². The fourth-order valence-corrected chi connectivity index (χ4v) is 3.27. The van der Waals surface area contributed by atoms with Crippen molar-refractivity contribution in [3.8, 4) is 5.69 Å². The third-order valence-electron chi connectivity index (χ3n) is 5.36. The number of rotatable bonds is 6. The van der Waals surface area contributed by atoms with Crippen LogP contribution in [0, 0.1) is 20.8 Å². The number of amides is 2. The molecule has 3 rings (SSSR count). The number of anilines is 2. The van der Waals surface area contributed by atoms with Crippen LogP contribution in [0.1, 0.15) is 56.0 Å². The van der Waals surface area contributed by atoms with Crippen LogP contribution in [0.25, 0.3) is 5.69 Å². The highest BCUT2D eigenvalue weighted by atomic mass is 16.2. The van der Waals surface area contributed by atoms with Crippen LogP contribution in [0.15, 0.2) is 48.5 Å². The number of nitrogens with one attached hydrogen (secondary N) is 2. The summed E-state index contributed by atoms with van der Waals surface area (Å²) in [6, 6.07) is 15.6. The van der Waals surface area contributed by atoms with Crippen LogP contribution in [0.3, 0.4) is 0 Å². The second kappa shape index (κ2) is 9.39. The van der Waals surface area contributed by atoms with Crippen molar-refractivity contribution in [2.45, 2.75) is 59.8 Å². The Morgan fingerprint density at radius 1 is 0.875 bits per heavy atom. The maximum absolute atomic E-state index is 12.6. The number of carbonyl (C=O) groups is 2. The highest BCUT2D eigenvalue weighted by Crippen LogP contribution is 2.26. The molecular weight excluding hydrogens is 400 g/mol. The van der Waals surface area contributed by atoms with Gasteiger partial charge in [0.05, 0.1) is 11.4 Å². The van der Waals surface area contributed by atoms with E-state index in [9.17, 15) is 9.59 Å². The molecule has 0 atom stereocenters. The van der Waals surface area contributed by atoms with Crippen LogP contribution in [-0.2, 0) is 15.0 Å². The molecule has 0 unspecified atom stereocenters. The predicted octanol–water partition coefficient (Wildman–Crippen LogP) is 5.45. The Kier molecular flexibility index (Phi) is 6.82. The van der Waals surface area contributed by atoms with E-state index in [4.69, 9.17) is 5.10 Å². The molecule has 0 spiro atoms. The van der Waals surface area contributed by atoms with E-state index in [1.807, 2.05) is 69.3 Å². The van der Waals surface area contributed by atoms with Crippen molar-refractivity contribution in [1.29, 1.82) is 0 Å². The monoisotopic (exact) mass is 432 g/mol. The zero-order chi connectivity index (χ0) is 23.5. The minimum atomic E-state index is -0.227. The number of benzene rings is 2. The number of aromatic nitrogens is 2. The summed E-state index contributed by atoms with van der Waals surface area (Å²) in [5.74, 6) is 0.181. The molecule has 0 saturated heterocycles. The van der Waals surface area contributed by atoms with Gasteiger partial charge in [-0.2, -0.15) is 5.10 Å². The molecule has 2 N–H and O–H groups in total. The molecule has 2 aromatic carbocycles. The van der Waals surface area contributed by atoms with E-state index >= 15 is 0 Å². The maximum Gasteiger partial charge on any atom is 0.226 e. The van der Waals surface area contributed by atoms with Gasteiger partial charge in [0, 0.05) is 30.0 Å². The van der Waals surface area contributed by atoms with Crippen molar-refractivity contribution < 1.29 is 9.59 Å². The highest BCUT2D eigenvalue weighted by molar-refractivity contribution is 5.96. The van der Waals surface area contributed by atoms with Gasteiger partial charge in [-0.15, -0.1) is 0 Å². The van der Waals surface area contributed by atoms with Gasteiger partial charge < -0.3 is 10.6 Å². The van der Waals surface area contributed by atoms with E-state index in [-0.39, 0.29) is 30.1 Å². The largest absolute Gasteiger partial charge is 0.326 e. The Balaban J connectivity index is 1.69. The molecule has 0 aliphatic carbocycles. The summed E-state index contributed by atoms with van der Waals surface area (Å²) >= 11 is 0. The van der Waals surface area contributed by atoms with Gasteiger partial charge in [0.25, 0.3) is 0 Å². The maximum atomic E-state index is 12.6. The topological polar surface area (TPSA) is 76.0 Å². The van der Waals surface area contributed by atoms with Gasteiger partial charge in [0.2, 0.25) is 11.8 Å². The van der Waals surface area contributed by atoms with Gasteiger partial charge in [-0.3, -0.25) is 9.59 Å². The molecule has 0 fully saturated rings. The number of nitrogens with zero attached hydrogens (tertiary/aromatic N) is 2. The summed E-state index contributed by atoms with van der Waals surface area (Å²) in [5, 5.41) is 10.5. The zero-order valence-corrected chi connectivity index (χ0v) is 19.7. The Morgan fingerprint density at radius 3 is 2.19 bits per heavy atom. The second-order valence-electron chi connectivity index (χ2n) is 9.31. The van der Waals surface area contributed by atoms with Crippen LogP contribution >= 0.6 is 0 Å². The van der Waals surface area contributed by atoms with Gasteiger partial charge in [-0.05, 0) is 61.7 Å². The molecule has 2 amide bonds. The Labute approximate surface area is 190 Å². The molecule has 6 heteroatoms. The predicted molar refractivity (Wildman–Crippen MR) is 129 cm³/mol. The number of hydrogen-bond donors (Lipinski definition) is 2. The first-order valence-corrected chi connectivity index (χ1v) is 10.9. The summed E-state index contributed by atoms with van der Waals surface area (Å²) in [6.45, 7) is 12.3. The number of carbonyl (C=O) groups excluding carboxylic acids is 2. The molecule has 0 saturated carbocycles. The first-order valence-electron chi connectivity index (χ1n) is 10.9. The lowest BCUT2D eigenvalue weighted by Crippen LogP contribution is -2.18. The Morgan fingerprint density at radius 2 is 1.56 bits per heavy atom. The zero-order valence-electron chi connectivity index (χ0n) is 19.7. The van der Waals surface area contributed by atoms with E-state index in [0.717, 1.165) is 28.2 Å². The molecular formula is C26H32N4O2. The first-order chi connectivity index (χ1) is 15.0. The van der Waals surface area contributed by atoms with Gasteiger partial charge in [-0.25, -0.2) is 4.68 Å². The van der Waals surface area contributed by atoms with Gasteiger partial charge in [0.1, 0.15) is 5.82 Å². The average molecular weight is 433 g/mol. The standard InChI is InChI=1S/C26H32N4O2/c1-17-8-7-9-21(14-17)30-23(16-22(29-30)26(4,5)6)28-25(32)13-12-24(31)27-20-11-10-18(2)19(3)15-20/h7-11,14-16H,12-13H2,1-6H3,(H,27,31)(H,28,32). The lowest BCUT2D eigenvalue weighted by molar-refractivity contribution is -0.121. The molecule has 1 aromatic heterocycles. The van der Waals surface area contributed by atoms with Crippen molar-refractivity contribution >= 4 is 23.3 Å². The smallest absolute Gasteiger partial charge is 0.226 e. The summed E-state index contributed by atoms with van der Waals surface area (Å²) in [6.07, 6.45) is 0.185. The Bertz CT molecular complexity index is 1140. The van der Waals surface area contributed by atoms with E-state index < -0.39 is 0 Å². The highest BCUT2D eigenvalue weighted by Gasteiger charge is 2.21. The molecule has 32 heavy (non-hydrogen) atoms. The van der Waals surface area contributed by atoms with Crippen molar-refractivity contribution in [3.63, 3.8) is 0 Å². The molecule has 0 radical (unpaired) electrons. The minimum Gasteiger partial charge on any atom is -0.326 e. The number of aryl methyl sites for hydroxylation is 3. The fraction of sp³-hybridized carbons (Fsp3) is 0.346. The molecule has 168 valence electrons. The number of hydrogen-bond acceptors (Lipinski definition) is 3.